The second-order valence-corrected chi connectivity index (χ2v) is 8.94. The monoisotopic (exact) mass is 435 g/mol. The van der Waals surface area contributed by atoms with E-state index < -0.39 is 16.1 Å². The number of carbonyl (C=O) groups excluding carboxylic acids is 1. The summed E-state index contributed by atoms with van der Waals surface area (Å²) in [6.45, 7) is 5.00. The molecule has 3 rings (SSSR count). The number of sulfonamides is 1. The highest BCUT2D eigenvalue weighted by molar-refractivity contribution is 7.89. The fourth-order valence-electron chi connectivity index (χ4n) is 3.49. The van der Waals surface area contributed by atoms with E-state index in [4.69, 9.17) is 4.74 Å². The van der Waals surface area contributed by atoms with Gasteiger partial charge in [0.2, 0.25) is 15.9 Å². The molecule has 1 fully saturated rings. The SMILES string of the molecule is COc1ccc(C)cc1S(=O)(=O)N[C@H](C)C(=O)N1CCN(c2ccccc2F)CC1. The third kappa shape index (κ3) is 4.73. The van der Waals surface area contributed by atoms with E-state index >= 15 is 0 Å². The number of ether oxygens (including phenoxy) is 1. The van der Waals surface area contributed by atoms with Crippen LogP contribution in [0.3, 0.4) is 0 Å². The first-order chi connectivity index (χ1) is 14.2. The van der Waals surface area contributed by atoms with E-state index in [1.807, 2.05) is 4.90 Å². The molecule has 0 radical (unpaired) electrons. The Morgan fingerprint density at radius 2 is 1.80 bits per heavy atom. The van der Waals surface area contributed by atoms with Crippen LogP contribution in [0.15, 0.2) is 47.4 Å². The summed E-state index contributed by atoms with van der Waals surface area (Å²) in [5.41, 5.74) is 1.27. The fraction of sp³-hybridized carbons (Fsp3) is 0.381. The number of halogens is 1. The first kappa shape index (κ1) is 22.0. The summed E-state index contributed by atoms with van der Waals surface area (Å²) < 4.78 is 47.2. The molecule has 1 aliphatic rings. The molecule has 162 valence electrons. The van der Waals surface area contributed by atoms with Crippen LogP contribution in [0.5, 0.6) is 5.75 Å². The van der Waals surface area contributed by atoms with Crippen molar-refractivity contribution in [3.05, 3.63) is 53.8 Å². The quantitative estimate of drug-likeness (QED) is 0.752. The van der Waals surface area contributed by atoms with Gasteiger partial charge >= 0.3 is 0 Å². The Hall–Kier alpha value is -2.65. The first-order valence-electron chi connectivity index (χ1n) is 9.68. The summed E-state index contributed by atoms with van der Waals surface area (Å²) in [6, 6.07) is 10.4. The van der Waals surface area contributed by atoms with Gasteiger partial charge in [-0.3, -0.25) is 4.79 Å². The van der Waals surface area contributed by atoms with Crippen LogP contribution in [0.1, 0.15) is 12.5 Å². The Labute approximate surface area is 176 Å². The highest BCUT2D eigenvalue weighted by Gasteiger charge is 2.30. The molecule has 1 amide bonds. The van der Waals surface area contributed by atoms with Crippen molar-refractivity contribution >= 4 is 21.6 Å². The van der Waals surface area contributed by atoms with Crippen molar-refractivity contribution in [2.45, 2.75) is 24.8 Å². The third-order valence-electron chi connectivity index (χ3n) is 5.10. The number of rotatable bonds is 6. The van der Waals surface area contributed by atoms with Gasteiger partial charge in [-0.15, -0.1) is 0 Å². The molecule has 1 aliphatic heterocycles. The number of carbonyl (C=O) groups is 1. The van der Waals surface area contributed by atoms with Crippen molar-refractivity contribution in [1.29, 1.82) is 0 Å². The highest BCUT2D eigenvalue weighted by Crippen LogP contribution is 2.25. The molecular weight excluding hydrogens is 409 g/mol. The van der Waals surface area contributed by atoms with Gasteiger partial charge in [0.15, 0.2) is 0 Å². The van der Waals surface area contributed by atoms with Gasteiger partial charge in [-0.05, 0) is 43.7 Å². The predicted octanol–water partition coefficient (Wildman–Crippen LogP) is 2.16. The standard InChI is InChI=1S/C21H26FN3O4S/c1-15-8-9-19(29-3)20(14-15)30(27,28)23-16(2)21(26)25-12-10-24(11-13-25)18-7-5-4-6-17(18)22/h4-9,14,16,23H,10-13H2,1-3H3/t16-/m1/s1. The average Bonchev–Trinajstić information content (AvgIpc) is 2.73. The summed E-state index contributed by atoms with van der Waals surface area (Å²) in [6.07, 6.45) is 0. The molecular formula is C21H26FN3O4S. The number of hydrogen-bond acceptors (Lipinski definition) is 5. The van der Waals surface area contributed by atoms with Crippen molar-refractivity contribution in [2.75, 3.05) is 38.2 Å². The van der Waals surface area contributed by atoms with E-state index in [2.05, 4.69) is 4.72 Å². The summed E-state index contributed by atoms with van der Waals surface area (Å²) in [5, 5.41) is 0. The maximum absolute atomic E-state index is 14.0. The smallest absolute Gasteiger partial charge is 0.244 e. The van der Waals surface area contributed by atoms with E-state index in [0.29, 0.717) is 31.9 Å². The molecule has 0 bridgehead atoms. The largest absolute Gasteiger partial charge is 0.495 e. The zero-order valence-electron chi connectivity index (χ0n) is 17.3. The van der Waals surface area contributed by atoms with Crippen LogP contribution in [0.4, 0.5) is 10.1 Å². The van der Waals surface area contributed by atoms with Gasteiger partial charge in [-0.25, -0.2) is 12.8 Å². The topological polar surface area (TPSA) is 78.9 Å². The molecule has 2 aromatic carbocycles. The molecule has 0 unspecified atom stereocenters. The number of aryl methyl sites for hydroxylation is 1. The van der Waals surface area contributed by atoms with Crippen LogP contribution in [-0.2, 0) is 14.8 Å². The van der Waals surface area contributed by atoms with E-state index in [1.54, 1.807) is 42.2 Å². The van der Waals surface area contributed by atoms with Gasteiger partial charge in [0.25, 0.3) is 0 Å². The zero-order valence-corrected chi connectivity index (χ0v) is 18.1. The molecule has 7 nitrogen and oxygen atoms in total. The zero-order chi connectivity index (χ0) is 21.9. The Bertz CT molecular complexity index is 1020. The van der Waals surface area contributed by atoms with E-state index in [0.717, 1.165) is 5.56 Å². The lowest BCUT2D eigenvalue weighted by Crippen LogP contribution is -2.54. The van der Waals surface area contributed by atoms with Crippen LogP contribution < -0.4 is 14.4 Å². The Kier molecular flexibility index (Phi) is 6.62. The number of piperazine rings is 1. The van der Waals surface area contributed by atoms with E-state index in [1.165, 1.54) is 26.2 Å². The van der Waals surface area contributed by atoms with Crippen molar-refractivity contribution in [3.8, 4) is 5.75 Å². The van der Waals surface area contributed by atoms with Gasteiger partial charge < -0.3 is 14.5 Å². The van der Waals surface area contributed by atoms with Gasteiger partial charge in [0.1, 0.15) is 16.5 Å². The van der Waals surface area contributed by atoms with Crippen LogP contribution in [-0.4, -0.2) is 58.6 Å². The summed E-state index contributed by atoms with van der Waals surface area (Å²) in [5.74, 6) is -0.407. The fourth-order valence-corrected chi connectivity index (χ4v) is 4.94. The number of para-hydroxylation sites is 1. The number of benzene rings is 2. The normalized spacial score (nSPS) is 15.7. The molecule has 1 N–H and O–H groups in total. The van der Waals surface area contributed by atoms with Gasteiger partial charge in [0, 0.05) is 26.2 Å². The lowest BCUT2D eigenvalue weighted by atomic mass is 10.2. The van der Waals surface area contributed by atoms with E-state index in [9.17, 15) is 17.6 Å². The highest BCUT2D eigenvalue weighted by atomic mass is 32.2. The van der Waals surface area contributed by atoms with Crippen molar-refractivity contribution in [3.63, 3.8) is 0 Å². The molecule has 1 atom stereocenters. The van der Waals surface area contributed by atoms with Crippen LogP contribution in [0.25, 0.3) is 0 Å². The molecule has 1 saturated heterocycles. The summed E-state index contributed by atoms with van der Waals surface area (Å²) in [7, 11) is -2.55. The number of anilines is 1. The minimum absolute atomic E-state index is 0.00554. The second-order valence-electron chi connectivity index (χ2n) is 7.26. The molecule has 0 aliphatic carbocycles. The Morgan fingerprint density at radius 3 is 2.43 bits per heavy atom. The number of nitrogens with zero attached hydrogens (tertiary/aromatic N) is 2. The van der Waals surface area contributed by atoms with Gasteiger partial charge in [-0.2, -0.15) is 4.72 Å². The molecule has 30 heavy (non-hydrogen) atoms. The van der Waals surface area contributed by atoms with Crippen LogP contribution in [0.2, 0.25) is 0 Å². The molecule has 2 aromatic rings. The van der Waals surface area contributed by atoms with Crippen molar-refractivity contribution in [1.82, 2.24) is 9.62 Å². The first-order valence-corrected chi connectivity index (χ1v) is 11.2. The minimum atomic E-state index is -3.95. The summed E-state index contributed by atoms with van der Waals surface area (Å²) >= 11 is 0. The average molecular weight is 436 g/mol. The number of hydrogen-bond donors (Lipinski definition) is 1. The van der Waals surface area contributed by atoms with Gasteiger partial charge in [0.05, 0.1) is 18.8 Å². The lowest BCUT2D eigenvalue weighted by molar-refractivity contribution is -0.132. The number of amides is 1. The van der Waals surface area contributed by atoms with E-state index in [-0.39, 0.29) is 22.4 Å². The summed E-state index contributed by atoms with van der Waals surface area (Å²) in [4.78, 5) is 16.3. The van der Waals surface area contributed by atoms with Crippen LogP contribution >= 0.6 is 0 Å². The number of methoxy groups -OCH3 is 1. The van der Waals surface area contributed by atoms with Crippen molar-refractivity contribution in [2.24, 2.45) is 0 Å². The molecule has 0 spiro atoms. The Balaban J connectivity index is 1.65. The third-order valence-corrected chi connectivity index (χ3v) is 6.66. The van der Waals surface area contributed by atoms with Gasteiger partial charge in [-0.1, -0.05) is 18.2 Å². The predicted molar refractivity (Wildman–Crippen MR) is 113 cm³/mol. The molecule has 0 aromatic heterocycles. The minimum Gasteiger partial charge on any atom is -0.495 e. The molecule has 9 heteroatoms. The second kappa shape index (κ2) is 9.01. The van der Waals surface area contributed by atoms with Crippen molar-refractivity contribution < 1.29 is 22.3 Å². The maximum Gasteiger partial charge on any atom is 0.244 e. The molecule has 0 saturated carbocycles. The molecule has 1 heterocycles. The maximum atomic E-state index is 14.0. The Morgan fingerprint density at radius 1 is 1.13 bits per heavy atom. The number of nitrogens with one attached hydrogen (secondary N) is 1. The van der Waals surface area contributed by atoms with Crippen LogP contribution in [0, 0.1) is 12.7 Å². The lowest BCUT2D eigenvalue weighted by Gasteiger charge is -2.37.